The van der Waals surface area contributed by atoms with Crippen LogP contribution in [-0.2, 0) is 42.7 Å². The summed E-state index contributed by atoms with van der Waals surface area (Å²) in [5.74, 6) is 2.63. The molecule has 0 unspecified atom stereocenters. The van der Waals surface area contributed by atoms with Gasteiger partial charge in [-0.2, -0.15) is 12.1 Å². The maximum absolute atomic E-state index is 6.88. The Morgan fingerprint density at radius 1 is 0.513 bits per heavy atom. The zero-order valence-corrected chi connectivity index (χ0v) is 49.2. The molecule has 1 aliphatic heterocycles. The van der Waals surface area contributed by atoms with Gasteiger partial charge in [-0.25, -0.2) is 4.98 Å². The predicted octanol–water partition coefficient (Wildman–Crippen LogP) is 18.5. The smallest absolute Gasteiger partial charge is 0.135 e. The van der Waals surface area contributed by atoms with Crippen LogP contribution in [0.1, 0.15) is 159 Å². The Morgan fingerprint density at radius 3 is 1.66 bits per heavy atom. The Labute approximate surface area is 467 Å². The molecule has 0 amide bonds. The zero-order valence-electron chi connectivity index (χ0n) is 46.9. The van der Waals surface area contributed by atoms with Crippen LogP contribution in [0.4, 0.5) is 11.4 Å². The molecule has 7 aromatic carbocycles. The molecule has 10 rings (SSSR count). The molecule has 1 aliphatic rings. The van der Waals surface area contributed by atoms with Crippen LogP contribution in [0.5, 0.6) is 11.5 Å². The van der Waals surface area contributed by atoms with Gasteiger partial charge in [0.2, 0.25) is 0 Å². The van der Waals surface area contributed by atoms with Crippen LogP contribution in [0.3, 0.4) is 0 Å². The summed E-state index contributed by atoms with van der Waals surface area (Å²) in [6.07, 6.45) is 4.25. The number of pyridine rings is 1. The zero-order chi connectivity index (χ0) is 53.2. The number of rotatable bonds is 12. The Hall–Kier alpha value is -6.68. The van der Waals surface area contributed by atoms with Gasteiger partial charge in [0.1, 0.15) is 5.82 Å². The number of hydrogen-bond donors (Lipinski definition) is 0. The maximum atomic E-state index is 6.88. The van der Waals surface area contributed by atoms with Gasteiger partial charge in [0.15, 0.2) is 0 Å². The molecule has 0 saturated heterocycles. The van der Waals surface area contributed by atoms with Crippen LogP contribution < -0.4 is 14.5 Å². The topological polar surface area (TPSA) is 33.5 Å². The van der Waals surface area contributed by atoms with E-state index in [1.165, 1.54) is 50.1 Å². The Morgan fingerprint density at radius 2 is 1.08 bits per heavy atom. The van der Waals surface area contributed by atoms with Crippen molar-refractivity contribution in [1.29, 1.82) is 0 Å². The Kier molecular flexibility index (Phi) is 14.7. The van der Waals surface area contributed by atoms with Crippen LogP contribution in [0.15, 0.2) is 170 Å². The molecule has 3 heterocycles. The van der Waals surface area contributed by atoms with E-state index >= 15 is 0 Å². The van der Waals surface area contributed by atoms with Gasteiger partial charge in [0, 0.05) is 72.1 Å². The van der Waals surface area contributed by atoms with Crippen LogP contribution in [0, 0.1) is 18.8 Å². The van der Waals surface area contributed by atoms with Crippen molar-refractivity contribution in [2.45, 2.75) is 130 Å². The number of nitrogens with zero attached hydrogens (tertiary/aromatic N) is 4. The van der Waals surface area contributed by atoms with Crippen molar-refractivity contribution in [3.63, 3.8) is 0 Å². The summed E-state index contributed by atoms with van der Waals surface area (Å²) in [7, 11) is 0. The Bertz CT molecular complexity index is 3490. The standard InChI is InChI=1S/C70H73N4O.Pt/c1-46(2)58-29-22-30-59(47(3)4)66(58)64-44-72(55-38-52(69(11,12)48-23-17-15-18-24-48)37-53(39-55)70(13,14)49-25-19-16-20-26-49)45-73(64)54-27-21-28-56(42-54)75-57-32-33-60-61-40-50(67(5,6)7)31-34-62(61)74(63(60)43-57)65-41-51(35-36-71-65)68(8,9)10;/h15-41,44-47H,1-14H3;/q-3;. The van der Waals surface area contributed by atoms with Gasteiger partial charge in [0.05, 0.1) is 0 Å². The van der Waals surface area contributed by atoms with Gasteiger partial charge in [-0.05, 0) is 109 Å². The van der Waals surface area contributed by atoms with E-state index in [0.717, 1.165) is 44.7 Å². The number of hydrogen-bond acceptors (Lipinski definition) is 4. The van der Waals surface area contributed by atoms with Crippen molar-refractivity contribution >= 4 is 38.9 Å². The summed E-state index contributed by atoms with van der Waals surface area (Å²) >= 11 is 0. The molecule has 0 fully saturated rings. The first-order chi connectivity index (χ1) is 35.6. The minimum Gasteiger partial charge on any atom is -0.509 e. The number of benzene rings is 7. The van der Waals surface area contributed by atoms with Crippen LogP contribution in [0.25, 0.3) is 33.3 Å². The third-order valence-corrected chi connectivity index (χ3v) is 15.6. The van der Waals surface area contributed by atoms with Crippen LogP contribution in [0.2, 0.25) is 0 Å². The normalized spacial score (nSPS) is 13.5. The third-order valence-electron chi connectivity index (χ3n) is 15.6. The van der Waals surface area contributed by atoms with E-state index in [0.29, 0.717) is 11.5 Å². The van der Waals surface area contributed by atoms with Crippen LogP contribution >= 0.6 is 0 Å². The molecule has 6 heteroatoms. The average Bonchev–Trinajstić information content (AvgIpc) is 4.02. The molecule has 5 nitrogen and oxygen atoms in total. The van der Waals surface area contributed by atoms with Gasteiger partial charge in [0.25, 0.3) is 0 Å². The number of anilines is 2. The second-order valence-corrected chi connectivity index (χ2v) is 24.3. The first kappa shape index (κ1) is 54.1. The van der Waals surface area contributed by atoms with E-state index in [1.807, 2.05) is 18.3 Å². The molecule has 0 aliphatic carbocycles. The van der Waals surface area contributed by atoms with Crippen molar-refractivity contribution in [3.8, 4) is 17.3 Å². The fourth-order valence-electron chi connectivity index (χ4n) is 10.8. The molecular formula is C70H73N4OPt-3. The molecule has 2 aromatic heterocycles. The van der Waals surface area contributed by atoms with Gasteiger partial charge in [-0.1, -0.05) is 200 Å². The summed E-state index contributed by atoms with van der Waals surface area (Å²) in [4.78, 5) is 9.60. The minimum absolute atomic E-state index is 0. The maximum Gasteiger partial charge on any atom is 0.135 e. The third kappa shape index (κ3) is 10.3. The molecule has 0 bridgehead atoms. The van der Waals surface area contributed by atoms with Gasteiger partial charge in [-0.3, -0.25) is 0 Å². The van der Waals surface area contributed by atoms with Crippen molar-refractivity contribution in [2.75, 3.05) is 9.80 Å². The molecule has 0 N–H and O–H groups in total. The molecule has 0 radical (unpaired) electrons. The number of ether oxygens (including phenoxy) is 1. The van der Waals surface area contributed by atoms with Crippen molar-refractivity contribution in [1.82, 2.24) is 9.55 Å². The largest absolute Gasteiger partial charge is 0.509 e. The van der Waals surface area contributed by atoms with Crippen molar-refractivity contribution in [2.24, 2.45) is 0 Å². The molecule has 76 heavy (non-hydrogen) atoms. The molecule has 392 valence electrons. The van der Waals surface area contributed by atoms with Gasteiger partial charge >= 0.3 is 0 Å². The van der Waals surface area contributed by atoms with E-state index in [4.69, 9.17) is 9.72 Å². The minimum atomic E-state index is -0.282. The van der Waals surface area contributed by atoms with E-state index in [-0.39, 0.29) is 54.6 Å². The summed E-state index contributed by atoms with van der Waals surface area (Å²) in [6.45, 7) is 34.3. The summed E-state index contributed by atoms with van der Waals surface area (Å²) < 4.78 is 9.12. The van der Waals surface area contributed by atoms with E-state index in [2.05, 4.69) is 282 Å². The van der Waals surface area contributed by atoms with E-state index < -0.39 is 0 Å². The number of aromatic nitrogens is 2. The Balaban J connectivity index is 0.00000706. The van der Waals surface area contributed by atoms with Gasteiger partial charge in [-0.15, -0.1) is 48.1 Å². The molecule has 0 spiro atoms. The summed E-state index contributed by atoms with van der Waals surface area (Å²) in [6, 6.07) is 64.8. The predicted molar refractivity (Wildman–Crippen MR) is 316 cm³/mol. The van der Waals surface area contributed by atoms with Crippen molar-refractivity contribution < 1.29 is 25.8 Å². The SMILES string of the molecule is CC(C)c1cccc(C(C)C)c1C1=CN(c2cc(C(C)(C)c3ccccc3)cc(C(C)(C)c3ccccc3)c2)[CH-]N1c1[c-]c(Oc2[c-]c3c(cc2)c2cc(C(C)(C)C)ccc2n3-c2cc(C(C)(C)C)ccn2)ccc1.[Pt]. The fraction of sp³-hybridized carbons (Fsp3) is 0.286. The van der Waals surface area contributed by atoms with Crippen LogP contribution in [-0.4, -0.2) is 9.55 Å². The molecular weight excluding hydrogens is 1110 g/mol. The monoisotopic (exact) mass is 1180 g/mol. The average molecular weight is 1180 g/mol. The first-order valence-corrected chi connectivity index (χ1v) is 26.8. The summed E-state index contributed by atoms with van der Waals surface area (Å²) in [5.41, 5.74) is 15.8. The molecule has 9 aromatic rings. The second kappa shape index (κ2) is 20.7. The first-order valence-electron chi connectivity index (χ1n) is 26.8. The van der Waals surface area contributed by atoms with E-state index in [9.17, 15) is 0 Å². The fourth-order valence-corrected chi connectivity index (χ4v) is 10.8. The van der Waals surface area contributed by atoms with Gasteiger partial charge < -0.3 is 19.1 Å². The summed E-state index contributed by atoms with van der Waals surface area (Å²) in [5, 5.41) is 2.26. The van der Waals surface area contributed by atoms with E-state index in [1.54, 1.807) is 0 Å². The quantitative estimate of drug-likeness (QED) is 0.114. The van der Waals surface area contributed by atoms with Crippen molar-refractivity contribution in [3.05, 3.63) is 239 Å². The number of fused-ring (bicyclic) bond motifs is 3. The molecule has 0 saturated carbocycles. The second-order valence-electron chi connectivity index (χ2n) is 24.3. The molecule has 0 atom stereocenters.